The number of aryl methyl sites for hydroxylation is 1. The summed E-state index contributed by atoms with van der Waals surface area (Å²) in [5.74, 6) is 1.73. The van der Waals surface area contributed by atoms with Gasteiger partial charge >= 0.3 is 0 Å². The van der Waals surface area contributed by atoms with Crippen LogP contribution in [0.1, 0.15) is 32.8 Å². The second-order valence-corrected chi connectivity index (χ2v) is 7.57. The summed E-state index contributed by atoms with van der Waals surface area (Å²) in [6.45, 7) is 7.30. The average Bonchev–Trinajstić information content (AvgIpc) is 3.31. The summed E-state index contributed by atoms with van der Waals surface area (Å²) >= 11 is 0. The molecule has 2 atom stereocenters. The van der Waals surface area contributed by atoms with E-state index in [1.807, 2.05) is 12.3 Å². The molecule has 148 valence electrons. The lowest BCUT2D eigenvalue weighted by molar-refractivity contribution is -0.114. The standard InChI is InChI=1S/C21H27N5O2/c1-5-15-11-26(18-9-19(23-14(3)27)22-10-17(15)18)20-8-13(2)25(4)21(24-20)16-6-7-28-12-16/h8-11,16,21H,5-7,12H2,1-4H3,(H,22,23,27). The summed E-state index contributed by atoms with van der Waals surface area (Å²) in [5.41, 5.74) is 3.40. The molecule has 2 aromatic heterocycles. The van der Waals surface area contributed by atoms with Gasteiger partial charge in [0.1, 0.15) is 17.8 Å². The Hall–Kier alpha value is -2.67. The van der Waals surface area contributed by atoms with Crippen LogP contribution in [-0.4, -0.2) is 52.6 Å². The van der Waals surface area contributed by atoms with Gasteiger partial charge < -0.3 is 19.5 Å². The fourth-order valence-corrected chi connectivity index (χ4v) is 4.00. The van der Waals surface area contributed by atoms with Crippen molar-refractivity contribution in [3.63, 3.8) is 0 Å². The van der Waals surface area contributed by atoms with Gasteiger partial charge in [-0.2, -0.15) is 0 Å². The van der Waals surface area contributed by atoms with Crippen LogP contribution in [0.3, 0.4) is 0 Å². The lowest BCUT2D eigenvalue weighted by Crippen LogP contribution is -2.40. The number of allylic oxidation sites excluding steroid dienone is 2. The molecule has 1 saturated heterocycles. The zero-order valence-corrected chi connectivity index (χ0v) is 16.9. The minimum atomic E-state index is -0.130. The van der Waals surface area contributed by atoms with E-state index in [4.69, 9.17) is 9.73 Å². The highest BCUT2D eigenvalue weighted by Gasteiger charge is 2.31. The zero-order chi connectivity index (χ0) is 19.8. The molecule has 0 spiro atoms. The Morgan fingerprint density at radius 2 is 2.25 bits per heavy atom. The number of pyridine rings is 1. The molecule has 0 aromatic carbocycles. The van der Waals surface area contributed by atoms with E-state index in [1.54, 1.807) is 0 Å². The maximum Gasteiger partial charge on any atom is 0.222 e. The second kappa shape index (κ2) is 7.39. The van der Waals surface area contributed by atoms with Crippen molar-refractivity contribution >= 4 is 28.5 Å². The summed E-state index contributed by atoms with van der Waals surface area (Å²) in [5, 5.41) is 3.87. The first-order valence-corrected chi connectivity index (χ1v) is 9.82. The van der Waals surface area contributed by atoms with Crippen molar-refractivity contribution < 1.29 is 9.53 Å². The van der Waals surface area contributed by atoms with Gasteiger partial charge in [-0.05, 0) is 31.4 Å². The van der Waals surface area contributed by atoms with Crippen molar-refractivity contribution in [1.29, 1.82) is 0 Å². The monoisotopic (exact) mass is 381 g/mol. The molecule has 1 fully saturated rings. The van der Waals surface area contributed by atoms with Crippen LogP contribution in [0.5, 0.6) is 0 Å². The third kappa shape index (κ3) is 3.30. The fraction of sp³-hybridized carbons (Fsp3) is 0.476. The van der Waals surface area contributed by atoms with Crippen molar-refractivity contribution in [3.8, 4) is 0 Å². The molecule has 7 heteroatoms. The Kier molecular flexibility index (Phi) is 4.93. The average molecular weight is 381 g/mol. The van der Waals surface area contributed by atoms with Crippen LogP contribution in [0.15, 0.2) is 35.2 Å². The Bertz CT molecular complexity index is 969. The number of hydrogen-bond acceptors (Lipinski definition) is 5. The first kappa shape index (κ1) is 18.7. The molecule has 4 heterocycles. The largest absolute Gasteiger partial charge is 0.381 e. The maximum atomic E-state index is 11.5. The molecule has 0 saturated carbocycles. The molecule has 7 nitrogen and oxygen atoms in total. The molecule has 0 aliphatic carbocycles. The quantitative estimate of drug-likeness (QED) is 0.887. The van der Waals surface area contributed by atoms with Gasteiger partial charge in [-0.25, -0.2) is 9.98 Å². The number of hydrogen-bond donors (Lipinski definition) is 1. The lowest BCUT2D eigenvalue weighted by atomic mass is 10.0. The number of amides is 1. The Labute approximate surface area is 165 Å². The van der Waals surface area contributed by atoms with Crippen LogP contribution in [0.2, 0.25) is 0 Å². The number of carbonyl (C=O) groups is 1. The minimum Gasteiger partial charge on any atom is -0.381 e. The van der Waals surface area contributed by atoms with Crippen LogP contribution in [0, 0.1) is 5.92 Å². The molecular formula is C21H27N5O2. The molecule has 2 aliphatic rings. The number of aromatic nitrogens is 2. The molecule has 0 bridgehead atoms. The molecule has 1 amide bonds. The van der Waals surface area contributed by atoms with E-state index in [0.29, 0.717) is 11.7 Å². The topological polar surface area (TPSA) is 71.8 Å². The zero-order valence-electron chi connectivity index (χ0n) is 16.9. The van der Waals surface area contributed by atoms with Gasteiger partial charge in [-0.15, -0.1) is 0 Å². The van der Waals surface area contributed by atoms with E-state index in [-0.39, 0.29) is 12.1 Å². The van der Waals surface area contributed by atoms with E-state index in [2.05, 4.69) is 52.9 Å². The highest BCUT2D eigenvalue weighted by atomic mass is 16.5. The Morgan fingerprint density at radius 1 is 1.43 bits per heavy atom. The molecule has 2 aliphatic heterocycles. The van der Waals surface area contributed by atoms with Crippen molar-refractivity contribution in [1.82, 2.24) is 14.5 Å². The number of anilines is 1. The van der Waals surface area contributed by atoms with E-state index in [9.17, 15) is 4.79 Å². The normalized spacial score (nSPS) is 22.4. The number of fused-ring (bicyclic) bond motifs is 1. The first-order chi connectivity index (χ1) is 13.5. The van der Waals surface area contributed by atoms with E-state index >= 15 is 0 Å². The van der Waals surface area contributed by atoms with E-state index in [1.165, 1.54) is 18.2 Å². The molecule has 2 aromatic rings. The van der Waals surface area contributed by atoms with Crippen molar-refractivity contribution in [2.75, 3.05) is 25.6 Å². The molecule has 28 heavy (non-hydrogen) atoms. The second-order valence-electron chi connectivity index (χ2n) is 7.57. The molecule has 0 radical (unpaired) electrons. The van der Waals surface area contributed by atoms with E-state index < -0.39 is 0 Å². The van der Waals surface area contributed by atoms with Crippen LogP contribution in [-0.2, 0) is 16.0 Å². The van der Waals surface area contributed by atoms with Crippen molar-refractivity contribution in [2.24, 2.45) is 10.9 Å². The summed E-state index contributed by atoms with van der Waals surface area (Å²) in [6.07, 6.45) is 8.10. The van der Waals surface area contributed by atoms with Crippen molar-refractivity contribution in [2.45, 2.75) is 39.8 Å². The van der Waals surface area contributed by atoms with Gasteiger partial charge in [0.25, 0.3) is 0 Å². The first-order valence-electron chi connectivity index (χ1n) is 9.82. The van der Waals surface area contributed by atoms with Gasteiger partial charge in [-0.3, -0.25) is 4.79 Å². The molecular weight excluding hydrogens is 354 g/mol. The maximum absolute atomic E-state index is 11.5. The predicted octanol–water partition coefficient (Wildman–Crippen LogP) is 3.02. The number of ether oxygens (including phenoxy) is 1. The minimum absolute atomic E-state index is 0.0710. The summed E-state index contributed by atoms with van der Waals surface area (Å²) in [4.78, 5) is 23.2. The smallest absolute Gasteiger partial charge is 0.222 e. The van der Waals surface area contributed by atoms with Crippen LogP contribution >= 0.6 is 0 Å². The molecule has 2 unspecified atom stereocenters. The van der Waals surface area contributed by atoms with Crippen LogP contribution in [0.4, 0.5) is 5.82 Å². The van der Waals surface area contributed by atoms with Gasteiger partial charge in [0.15, 0.2) is 0 Å². The lowest BCUT2D eigenvalue weighted by Gasteiger charge is -2.35. The van der Waals surface area contributed by atoms with Gasteiger partial charge in [0.05, 0.1) is 12.1 Å². The summed E-state index contributed by atoms with van der Waals surface area (Å²) < 4.78 is 7.73. The summed E-state index contributed by atoms with van der Waals surface area (Å²) in [6, 6.07) is 1.92. The van der Waals surface area contributed by atoms with E-state index in [0.717, 1.165) is 42.8 Å². The number of rotatable bonds is 3. The van der Waals surface area contributed by atoms with Crippen LogP contribution in [0.25, 0.3) is 10.9 Å². The number of nitrogens with one attached hydrogen (secondary N) is 1. The van der Waals surface area contributed by atoms with Crippen LogP contribution < -0.4 is 5.32 Å². The fourth-order valence-electron chi connectivity index (χ4n) is 4.00. The van der Waals surface area contributed by atoms with Gasteiger partial charge in [0, 0.05) is 56.0 Å². The Balaban J connectivity index is 1.82. The predicted molar refractivity (Wildman–Crippen MR) is 110 cm³/mol. The van der Waals surface area contributed by atoms with Gasteiger partial charge in [0.2, 0.25) is 5.91 Å². The SMILES string of the molecule is CCc1cn(C2=NC(C3CCOC3)N(C)C(C)=C2)c2cc(NC(C)=O)ncc12. The third-order valence-electron chi connectivity index (χ3n) is 5.65. The highest BCUT2D eigenvalue weighted by molar-refractivity contribution is 6.04. The number of carbonyl (C=O) groups excluding carboxylic acids is 1. The molecule has 1 N–H and O–H groups in total. The third-order valence-corrected chi connectivity index (χ3v) is 5.65. The number of aliphatic imine (C=N–C) groups is 1. The molecule has 4 rings (SSSR count). The number of nitrogens with zero attached hydrogens (tertiary/aromatic N) is 4. The highest BCUT2D eigenvalue weighted by Crippen LogP contribution is 2.29. The summed E-state index contributed by atoms with van der Waals surface area (Å²) in [7, 11) is 2.10. The van der Waals surface area contributed by atoms with Gasteiger partial charge in [-0.1, -0.05) is 6.92 Å². The van der Waals surface area contributed by atoms with Crippen molar-refractivity contribution in [3.05, 3.63) is 35.8 Å². The Morgan fingerprint density at radius 3 is 2.93 bits per heavy atom.